The topological polar surface area (TPSA) is 46.6 Å². The number of esters is 1. The molecular weight excluding hydrogens is 290 g/mol. The van der Waals surface area contributed by atoms with Gasteiger partial charge >= 0.3 is 5.97 Å². The Bertz CT molecular complexity index is 683. The summed E-state index contributed by atoms with van der Waals surface area (Å²) >= 11 is 0. The molecule has 0 N–H and O–H groups in total. The summed E-state index contributed by atoms with van der Waals surface area (Å²) in [7, 11) is 3.97. The molecule has 23 heavy (non-hydrogen) atoms. The number of hydrogen-bond donors (Lipinski definition) is 0. The van der Waals surface area contributed by atoms with Crippen molar-refractivity contribution in [2.24, 2.45) is 5.41 Å². The van der Waals surface area contributed by atoms with Crippen LogP contribution in [0.1, 0.15) is 44.6 Å². The van der Waals surface area contributed by atoms with E-state index in [-0.39, 0.29) is 29.5 Å². The molecular formula is C19H23NO3. The van der Waals surface area contributed by atoms with E-state index in [1.54, 1.807) is 0 Å². The van der Waals surface area contributed by atoms with Crippen molar-refractivity contribution in [3.63, 3.8) is 0 Å². The van der Waals surface area contributed by atoms with Crippen LogP contribution < -0.4 is 4.90 Å². The molecule has 0 amide bonds. The molecule has 1 heterocycles. The van der Waals surface area contributed by atoms with E-state index in [0.29, 0.717) is 24.2 Å². The van der Waals surface area contributed by atoms with Crippen molar-refractivity contribution < 1.29 is 14.3 Å². The lowest BCUT2D eigenvalue weighted by Crippen LogP contribution is -2.33. The highest BCUT2D eigenvalue weighted by Gasteiger charge is 2.41. The first-order valence-corrected chi connectivity index (χ1v) is 8.01. The second-order valence-electron chi connectivity index (χ2n) is 7.49. The standard InChI is InChI=1S/C19H23NO3/c1-19(2)10-15(21)18-14(9-17(22)23-16(18)11-19)12-5-7-13(8-6-12)20(3)4/h5-8,14H,9-11H2,1-4H3/t14-/m0/s1. The molecule has 4 heteroatoms. The lowest BCUT2D eigenvalue weighted by molar-refractivity contribution is -0.142. The first-order valence-electron chi connectivity index (χ1n) is 8.01. The van der Waals surface area contributed by atoms with Gasteiger partial charge in [-0.2, -0.15) is 0 Å². The zero-order valence-corrected chi connectivity index (χ0v) is 14.2. The number of rotatable bonds is 2. The summed E-state index contributed by atoms with van der Waals surface area (Å²) in [6, 6.07) is 8.06. The normalized spacial score (nSPS) is 23.4. The Morgan fingerprint density at radius 3 is 2.35 bits per heavy atom. The average molecular weight is 313 g/mol. The number of ether oxygens (including phenoxy) is 1. The molecule has 3 rings (SSSR count). The maximum absolute atomic E-state index is 12.7. The van der Waals surface area contributed by atoms with Gasteiger partial charge in [0.2, 0.25) is 0 Å². The van der Waals surface area contributed by atoms with Crippen molar-refractivity contribution in [2.45, 2.75) is 39.0 Å². The van der Waals surface area contributed by atoms with E-state index in [0.717, 1.165) is 11.3 Å². The molecule has 0 spiro atoms. The molecule has 1 atom stereocenters. The predicted molar refractivity (Wildman–Crippen MR) is 89.3 cm³/mol. The Kier molecular flexibility index (Phi) is 3.78. The summed E-state index contributed by atoms with van der Waals surface area (Å²) in [6.07, 6.45) is 1.40. The zero-order chi connectivity index (χ0) is 16.8. The molecule has 122 valence electrons. The van der Waals surface area contributed by atoms with Crippen LogP contribution in [0.3, 0.4) is 0 Å². The maximum atomic E-state index is 12.7. The Morgan fingerprint density at radius 2 is 1.74 bits per heavy atom. The highest BCUT2D eigenvalue weighted by atomic mass is 16.5. The number of Topliss-reactive ketones (excluding diaryl/α,β-unsaturated/α-hetero) is 1. The summed E-state index contributed by atoms with van der Waals surface area (Å²) in [6.45, 7) is 4.08. The first-order chi connectivity index (χ1) is 10.8. The fourth-order valence-electron chi connectivity index (χ4n) is 3.49. The highest BCUT2D eigenvalue weighted by molar-refractivity contribution is 6.00. The number of carbonyl (C=O) groups is 2. The number of anilines is 1. The van der Waals surface area contributed by atoms with E-state index in [2.05, 4.69) is 0 Å². The SMILES string of the molecule is CN(C)c1ccc([C@@H]2CC(=O)OC3=C2C(=O)CC(C)(C)C3)cc1. The van der Waals surface area contributed by atoms with Crippen LogP contribution in [-0.4, -0.2) is 25.8 Å². The van der Waals surface area contributed by atoms with Gasteiger partial charge in [-0.15, -0.1) is 0 Å². The van der Waals surface area contributed by atoms with Crippen LogP contribution in [0.25, 0.3) is 0 Å². The fourth-order valence-corrected chi connectivity index (χ4v) is 3.49. The van der Waals surface area contributed by atoms with Crippen molar-refractivity contribution in [3.05, 3.63) is 41.2 Å². The molecule has 0 bridgehead atoms. The molecule has 0 saturated carbocycles. The van der Waals surface area contributed by atoms with Gasteiger partial charge in [0.1, 0.15) is 5.76 Å². The first kappa shape index (κ1) is 15.8. The van der Waals surface area contributed by atoms with Crippen molar-refractivity contribution in [1.29, 1.82) is 0 Å². The van der Waals surface area contributed by atoms with Gasteiger partial charge in [-0.05, 0) is 23.1 Å². The van der Waals surface area contributed by atoms with Gasteiger partial charge in [0.25, 0.3) is 0 Å². The Balaban J connectivity index is 2.01. The molecule has 1 aliphatic heterocycles. The summed E-state index contributed by atoms with van der Waals surface area (Å²) in [5, 5.41) is 0. The van der Waals surface area contributed by atoms with Gasteiger partial charge in [-0.1, -0.05) is 26.0 Å². The summed E-state index contributed by atoms with van der Waals surface area (Å²) in [5.41, 5.74) is 2.67. The lowest BCUT2D eigenvalue weighted by Gasteiger charge is -2.36. The molecule has 0 radical (unpaired) electrons. The second kappa shape index (κ2) is 5.52. The predicted octanol–water partition coefficient (Wildman–Crippen LogP) is 3.43. The number of allylic oxidation sites excluding steroid dienone is 2. The zero-order valence-electron chi connectivity index (χ0n) is 14.2. The monoisotopic (exact) mass is 313 g/mol. The maximum Gasteiger partial charge on any atom is 0.311 e. The third-order valence-corrected chi connectivity index (χ3v) is 4.65. The molecule has 2 aliphatic rings. The number of benzene rings is 1. The Morgan fingerprint density at radius 1 is 1.09 bits per heavy atom. The quantitative estimate of drug-likeness (QED) is 0.785. The lowest BCUT2D eigenvalue weighted by atomic mass is 9.71. The number of hydrogen-bond acceptors (Lipinski definition) is 4. The number of ketones is 1. The van der Waals surface area contributed by atoms with Crippen molar-refractivity contribution in [1.82, 2.24) is 0 Å². The number of carbonyl (C=O) groups excluding carboxylic acids is 2. The average Bonchev–Trinajstić information content (AvgIpc) is 2.44. The van der Waals surface area contributed by atoms with E-state index < -0.39 is 0 Å². The minimum atomic E-state index is -0.240. The van der Waals surface area contributed by atoms with Crippen LogP contribution in [0.4, 0.5) is 5.69 Å². The van der Waals surface area contributed by atoms with E-state index in [4.69, 9.17) is 4.74 Å². The van der Waals surface area contributed by atoms with Crippen LogP contribution >= 0.6 is 0 Å². The second-order valence-corrected chi connectivity index (χ2v) is 7.49. The molecule has 1 aromatic rings. The molecule has 1 aromatic carbocycles. The van der Waals surface area contributed by atoms with Crippen LogP contribution in [0, 0.1) is 5.41 Å². The summed E-state index contributed by atoms with van der Waals surface area (Å²) in [5.74, 6) is 0.289. The molecule has 0 saturated heterocycles. The molecule has 0 fully saturated rings. The van der Waals surface area contributed by atoms with Gasteiger partial charge in [0.05, 0.1) is 6.42 Å². The molecule has 4 nitrogen and oxygen atoms in total. The van der Waals surface area contributed by atoms with Crippen molar-refractivity contribution in [2.75, 3.05) is 19.0 Å². The Hall–Kier alpha value is -2.10. The largest absolute Gasteiger partial charge is 0.431 e. The van der Waals surface area contributed by atoms with Crippen LogP contribution in [0.2, 0.25) is 0 Å². The smallest absolute Gasteiger partial charge is 0.311 e. The fraction of sp³-hybridized carbons (Fsp3) is 0.474. The summed E-state index contributed by atoms with van der Waals surface area (Å²) < 4.78 is 5.42. The van der Waals surface area contributed by atoms with Crippen molar-refractivity contribution in [3.8, 4) is 0 Å². The van der Waals surface area contributed by atoms with E-state index in [1.165, 1.54) is 0 Å². The van der Waals surface area contributed by atoms with E-state index in [1.807, 2.05) is 57.1 Å². The van der Waals surface area contributed by atoms with Gasteiger partial charge in [0.15, 0.2) is 5.78 Å². The third kappa shape index (κ3) is 3.03. The van der Waals surface area contributed by atoms with Gasteiger partial charge < -0.3 is 9.64 Å². The molecule has 1 aliphatic carbocycles. The number of nitrogens with zero attached hydrogens (tertiary/aromatic N) is 1. The van der Waals surface area contributed by atoms with E-state index in [9.17, 15) is 9.59 Å². The van der Waals surface area contributed by atoms with Crippen LogP contribution in [-0.2, 0) is 14.3 Å². The third-order valence-electron chi connectivity index (χ3n) is 4.65. The highest BCUT2D eigenvalue weighted by Crippen LogP contribution is 2.45. The molecule has 0 unspecified atom stereocenters. The van der Waals surface area contributed by atoms with Gasteiger partial charge in [0, 0.05) is 44.1 Å². The van der Waals surface area contributed by atoms with Crippen LogP contribution in [0.5, 0.6) is 0 Å². The van der Waals surface area contributed by atoms with Gasteiger partial charge in [-0.25, -0.2) is 0 Å². The minimum absolute atomic E-state index is 0.116. The molecule has 0 aromatic heterocycles. The van der Waals surface area contributed by atoms with Gasteiger partial charge in [-0.3, -0.25) is 9.59 Å². The summed E-state index contributed by atoms with van der Waals surface area (Å²) in [4.78, 5) is 26.7. The van der Waals surface area contributed by atoms with Crippen molar-refractivity contribution >= 4 is 17.4 Å². The Labute approximate surface area is 137 Å². The minimum Gasteiger partial charge on any atom is -0.431 e. The van der Waals surface area contributed by atoms with Crippen LogP contribution in [0.15, 0.2) is 35.6 Å². The van der Waals surface area contributed by atoms with E-state index >= 15 is 0 Å².